The number of aryl methyl sites for hydroxylation is 1. The molecule has 0 saturated heterocycles. The number of ether oxygens (including phenoxy) is 1. The Balaban J connectivity index is 1.42. The number of aromatic nitrogens is 5. The number of tetrazole rings is 1. The minimum Gasteiger partial charge on any atom is -0.485 e. The molecule has 0 spiro atoms. The van der Waals surface area contributed by atoms with E-state index in [4.69, 9.17) is 9.15 Å². The molecule has 4 aromatic rings. The maximum Gasteiger partial charge on any atom is 0.202 e. The minimum atomic E-state index is -0.0663. The van der Waals surface area contributed by atoms with Gasteiger partial charge in [-0.15, -0.1) is 5.10 Å². The zero-order valence-corrected chi connectivity index (χ0v) is 15.6. The number of carbonyl (C=O) groups is 1. The molecule has 0 aliphatic heterocycles. The highest BCUT2D eigenvalue weighted by Crippen LogP contribution is 2.19. The zero-order chi connectivity index (χ0) is 19.5. The van der Waals surface area contributed by atoms with E-state index >= 15 is 0 Å². The second kappa shape index (κ2) is 7.51. The normalized spacial score (nSPS) is 10.9. The lowest BCUT2D eigenvalue weighted by Crippen LogP contribution is -2.13. The smallest absolute Gasteiger partial charge is 0.202 e. The van der Waals surface area contributed by atoms with Crippen LogP contribution < -0.4 is 4.74 Å². The highest BCUT2D eigenvalue weighted by Gasteiger charge is 2.17. The van der Waals surface area contributed by atoms with Gasteiger partial charge >= 0.3 is 0 Å². The Kier molecular flexibility index (Phi) is 4.76. The van der Waals surface area contributed by atoms with Gasteiger partial charge in [0.15, 0.2) is 6.61 Å². The molecular formula is C20H19N5O3. The van der Waals surface area contributed by atoms with E-state index in [0.29, 0.717) is 17.9 Å². The number of hydrogen-bond acceptors (Lipinski definition) is 6. The summed E-state index contributed by atoms with van der Waals surface area (Å²) in [5, 5.41) is 11.0. The van der Waals surface area contributed by atoms with Crippen LogP contribution in [0.25, 0.3) is 5.69 Å². The second-order valence-electron chi connectivity index (χ2n) is 6.41. The molecule has 0 unspecified atom stereocenters. The number of Topliss-reactive ketones (excluding diaryl/α,β-unsaturated/α-hetero) is 1. The molecule has 0 amide bonds. The van der Waals surface area contributed by atoms with E-state index in [2.05, 4.69) is 20.1 Å². The second-order valence-corrected chi connectivity index (χ2v) is 6.41. The molecule has 0 N–H and O–H groups in total. The molecule has 3 aromatic heterocycles. The van der Waals surface area contributed by atoms with Gasteiger partial charge in [0.2, 0.25) is 5.78 Å². The van der Waals surface area contributed by atoms with E-state index < -0.39 is 0 Å². The van der Waals surface area contributed by atoms with Crippen LogP contribution in [0.1, 0.15) is 27.5 Å². The van der Waals surface area contributed by atoms with Gasteiger partial charge < -0.3 is 13.7 Å². The summed E-state index contributed by atoms with van der Waals surface area (Å²) in [5.74, 6) is 1.39. The van der Waals surface area contributed by atoms with Crippen LogP contribution in [0.5, 0.6) is 5.75 Å². The molecule has 8 heteroatoms. The van der Waals surface area contributed by atoms with E-state index in [1.54, 1.807) is 23.1 Å². The Bertz CT molecular complexity index is 1060. The van der Waals surface area contributed by atoms with E-state index in [1.807, 2.05) is 44.2 Å². The van der Waals surface area contributed by atoms with E-state index in [1.165, 1.54) is 6.33 Å². The van der Waals surface area contributed by atoms with Gasteiger partial charge in [0.05, 0.1) is 18.5 Å². The third-order valence-corrected chi connectivity index (χ3v) is 4.59. The topological polar surface area (TPSA) is 88.0 Å². The lowest BCUT2D eigenvalue weighted by atomic mass is 10.1. The average molecular weight is 377 g/mol. The van der Waals surface area contributed by atoms with Crippen LogP contribution in [-0.4, -0.2) is 37.2 Å². The van der Waals surface area contributed by atoms with Gasteiger partial charge in [-0.2, -0.15) is 0 Å². The lowest BCUT2D eigenvalue weighted by Gasteiger charge is -2.09. The first-order valence-electron chi connectivity index (χ1n) is 8.80. The Hall–Kier alpha value is -3.68. The van der Waals surface area contributed by atoms with Crippen molar-refractivity contribution < 1.29 is 13.9 Å². The number of ketones is 1. The molecule has 0 radical (unpaired) electrons. The fourth-order valence-corrected chi connectivity index (χ4v) is 3.09. The van der Waals surface area contributed by atoms with E-state index in [9.17, 15) is 4.79 Å². The summed E-state index contributed by atoms with van der Waals surface area (Å²) >= 11 is 0. The summed E-state index contributed by atoms with van der Waals surface area (Å²) in [4.78, 5) is 12.7. The zero-order valence-electron chi connectivity index (χ0n) is 15.6. The van der Waals surface area contributed by atoms with Gasteiger partial charge in [-0.1, -0.05) is 0 Å². The number of nitrogens with zero attached hydrogens (tertiary/aromatic N) is 5. The first kappa shape index (κ1) is 17.7. The largest absolute Gasteiger partial charge is 0.485 e. The van der Waals surface area contributed by atoms with Crippen molar-refractivity contribution in [3.63, 3.8) is 0 Å². The monoisotopic (exact) mass is 377 g/mol. The Labute approximate surface area is 161 Å². The van der Waals surface area contributed by atoms with Crippen molar-refractivity contribution in [1.82, 2.24) is 24.8 Å². The molecule has 4 rings (SSSR count). The quantitative estimate of drug-likeness (QED) is 0.460. The molecule has 142 valence electrons. The van der Waals surface area contributed by atoms with Crippen LogP contribution in [0.15, 0.2) is 59.5 Å². The van der Waals surface area contributed by atoms with Crippen molar-refractivity contribution in [2.45, 2.75) is 20.4 Å². The summed E-state index contributed by atoms with van der Waals surface area (Å²) in [6.45, 7) is 4.47. The van der Waals surface area contributed by atoms with Crippen LogP contribution in [0, 0.1) is 13.8 Å². The Morgan fingerprint density at radius 2 is 2.00 bits per heavy atom. The van der Waals surface area contributed by atoms with Gasteiger partial charge in [-0.25, -0.2) is 4.68 Å². The molecule has 0 atom stereocenters. The molecular weight excluding hydrogens is 358 g/mol. The van der Waals surface area contributed by atoms with Crippen LogP contribution in [-0.2, 0) is 6.54 Å². The standard InChI is InChI=1S/C20H19N5O3/c1-14-10-19(15(2)24(14)11-18-4-3-9-27-18)20(26)12-28-17-7-5-16(6-8-17)25-13-21-22-23-25/h3-10,13H,11-12H2,1-2H3. The van der Waals surface area contributed by atoms with Crippen molar-refractivity contribution in [2.75, 3.05) is 6.61 Å². The van der Waals surface area contributed by atoms with Crippen LogP contribution >= 0.6 is 0 Å². The fraction of sp³-hybridized carbons (Fsp3) is 0.200. The molecule has 0 aliphatic carbocycles. The molecule has 3 heterocycles. The van der Waals surface area contributed by atoms with Gasteiger partial charge in [0.25, 0.3) is 0 Å². The summed E-state index contributed by atoms with van der Waals surface area (Å²) in [6.07, 6.45) is 3.16. The summed E-state index contributed by atoms with van der Waals surface area (Å²) < 4.78 is 14.7. The molecule has 8 nitrogen and oxygen atoms in total. The third-order valence-electron chi connectivity index (χ3n) is 4.59. The Morgan fingerprint density at radius 1 is 1.18 bits per heavy atom. The third kappa shape index (κ3) is 3.57. The van der Waals surface area contributed by atoms with Crippen molar-refractivity contribution in [3.8, 4) is 11.4 Å². The first-order valence-corrected chi connectivity index (χ1v) is 8.80. The molecule has 0 saturated carbocycles. The Morgan fingerprint density at radius 3 is 2.68 bits per heavy atom. The van der Waals surface area contributed by atoms with Gasteiger partial charge in [0.1, 0.15) is 17.8 Å². The van der Waals surface area contributed by atoms with Crippen molar-refractivity contribution in [2.24, 2.45) is 0 Å². The molecule has 0 bridgehead atoms. The summed E-state index contributed by atoms with van der Waals surface area (Å²) in [7, 11) is 0. The molecule has 0 aliphatic rings. The first-order chi connectivity index (χ1) is 13.6. The SMILES string of the molecule is Cc1cc(C(=O)COc2ccc(-n3cnnn3)cc2)c(C)n1Cc1ccco1. The highest BCUT2D eigenvalue weighted by atomic mass is 16.5. The number of carbonyl (C=O) groups excluding carboxylic acids is 1. The fourth-order valence-electron chi connectivity index (χ4n) is 3.09. The number of rotatable bonds is 7. The van der Waals surface area contributed by atoms with Crippen molar-refractivity contribution in [1.29, 1.82) is 0 Å². The average Bonchev–Trinajstić information content (AvgIpc) is 3.46. The van der Waals surface area contributed by atoms with Gasteiger partial charge in [-0.05, 0) is 66.7 Å². The predicted molar refractivity (Wildman–Crippen MR) is 101 cm³/mol. The van der Waals surface area contributed by atoms with E-state index in [-0.39, 0.29) is 12.4 Å². The molecule has 28 heavy (non-hydrogen) atoms. The maximum atomic E-state index is 12.7. The van der Waals surface area contributed by atoms with Crippen LogP contribution in [0.4, 0.5) is 0 Å². The summed E-state index contributed by atoms with van der Waals surface area (Å²) in [6, 6.07) is 12.9. The molecule has 0 fully saturated rings. The van der Waals surface area contributed by atoms with Crippen molar-refractivity contribution in [3.05, 3.63) is 77.8 Å². The maximum absolute atomic E-state index is 12.7. The van der Waals surface area contributed by atoms with E-state index in [0.717, 1.165) is 22.8 Å². The van der Waals surface area contributed by atoms with Gasteiger partial charge in [-0.3, -0.25) is 4.79 Å². The minimum absolute atomic E-state index is 0.0325. The lowest BCUT2D eigenvalue weighted by molar-refractivity contribution is 0.0920. The number of benzene rings is 1. The van der Waals surface area contributed by atoms with Gasteiger partial charge in [0, 0.05) is 17.0 Å². The molecule has 1 aromatic carbocycles. The van der Waals surface area contributed by atoms with Crippen LogP contribution in [0.3, 0.4) is 0 Å². The highest BCUT2D eigenvalue weighted by molar-refractivity contribution is 5.98. The summed E-state index contributed by atoms with van der Waals surface area (Å²) in [5.41, 5.74) is 3.37. The number of furan rings is 1. The predicted octanol–water partition coefficient (Wildman–Crippen LogP) is 2.98. The van der Waals surface area contributed by atoms with Crippen LogP contribution in [0.2, 0.25) is 0 Å². The van der Waals surface area contributed by atoms with Crippen molar-refractivity contribution >= 4 is 5.78 Å². The number of hydrogen-bond donors (Lipinski definition) is 0.